The van der Waals surface area contributed by atoms with Crippen LogP contribution >= 0.6 is 0 Å². The van der Waals surface area contributed by atoms with Crippen molar-refractivity contribution in [2.24, 2.45) is 5.92 Å². The summed E-state index contributed by atoms with van der Waals surface area (Å²) in [6.45, 7) is 9.93. The van der Waals surface area contributed by atoms with Crippen LogP contribution in [0.2, 0.25) is 0 Å². The largest absolute Gasteiger partial charge is 0.454 e. The van der Waals surface area contributed by atoms with Gasteiger partial charge in [-0.2, -0.15) is 0 Å². The van der Waals surface area contributed by atoms with E-state index < -0.39 is 0 Å². The van der Waals surface area contributed by atoms with Gasteiger partial charge in [-0.05, 0) is 59.6 Å². The number of nitrogens with zero attached hydrogens (tertiary/aromatic N) is 2. The summed E-state index contributed by atoms with van der Waals surface area (Å²) in [4.78, 5) is 30.9. The third-order valence-electron chi connectivity index (χ3n) is 8.01. The average molecular weight is 506 g/mol. The van der Waals surface area contributed by atoms with Crippen molar-refractivity contribution in [3.05, 3.63) is 59.2 Å². The lowest BCUT2D eigenvalue weighted by atomic mass is 9.86. The maximum Gasteiger partial charge on any atom is 0.253 e. The summed E-state index contributed by atoms with van der Waals surface area (Å²) < 4.78 is 10.9. The van der Waals surface area contributed by atoms with E-state index in [9.17, 15) is 9.59 Å². The Labute approximate surface area is 220 Å². The molecule has 7 nitrogen and oxygen atoms in total. The zero-order chi connectivity index (χ0) is 26.0. The summed E-state index contributed by atoms with van der Waals surface area (Å²) in [5, 5.41) is 3.18. The SMILES string of the molecule is CC(C)(C)c1ccc(C(=O)N2CCN(C(C(=O)NCc3ccc4c(c3)OCO4)C3CCCC3)CC2)cc1. The molecular weight excluding hydrogens is 466 g/mol. The van der Waals surface area contributed by atoms with E-state index in [1.165, 1.54) is 18.4 Å². The number of rotatable bonds is 6. The second-order valence-electron chi connectivity index (χ2n) is 11.6. The Hall–Kier alpha value is -3.06. The molecule has 0 bridgehead atoms. The molecule has 1 aliphatic carbocycles. The maximum absolute atomic E-state index is 13.5. The fourth-order valence-electron chi connectivity index (χ4n) is 5.79. The molecule has 3 aliphatic rings. The number of piperazine rings is 1. The maximum atomic E-state index is 13.5. The highest BCUT2D eigenvalue weighted by molar-refractivity contribution is 5.94. The van der Waals surface area contributed by atoms with E-state index in [4.69, 9.17) is 9.47 Å². The lowest BCUT2D eigenvalue weighted by Crippen LogP contribution is -2.57. The van der Waals surface area contributed by atoms with Crippen molar-refractivity contribution >= 4 is 11.8 Å². The van der Waals surface area contributed by atoms with Crippen LogP contribution in [0.5, 0.6) is 11.5 Å². The van der Waals surface area contributed by atoms with Gasteiger partial charge in [0, 0.05) is 38.3 Å². The molecule has 1 atom stereocenters. The van der Waals surface area contributed by atoms with E-state index in [-0.39, 0.29) is 30.1 Å². The summed E-state index contributed by atoms with van der Waals surface area (Å²) >= 11 is 0. The first kappa shape index (κ1) is 25.6. The molecule has 7 heteroatoms. The molecule has 1 N–H and O–H groups in total. The van der Waals surface area contributed by atoms with Crippen LogP contribution in [0.4, 0.5) is 0 Å². The minimum atomic E-state index is -0.153. The summed E-state index contributed by atoms with van der Waals surface area (Å²) in [5.74, 6) is 2.00. The second-order valence-corrected chi connectivity index (χ2v) is 11.6. The van der Waals surface area contributed by atoms with Crippen LogP contribution in [0.25, 0.3) is 0 Å². The Morgan fingerprint density at radius 1 is 0.946 bits per heavy atom. The van der Waals surface area contributed by atoms with E-state index in [0.717, 1.165) is 35.5 Å². The van der Waals surface area contributed by atoms with Gasteiger partial charge >= 0.3 is 0 Å². The fourth-order valence-corrected chi connectivity index (χ4v) is 5.79. The van der Waals surface area contributed by atoms with Crippen molar-refractivity contribution in [1.82, 2.24) is 15.1 Å². The molecule has 198 valence electrons. The van der Waals surface area contributed by atoms with Gasteiger partial charge in [0.1, 0.15) is 0 Å². The fraction of sp³-hybridized carbons (Fsp3) is 0.533. The summed E-state index contributed by atoms with van der Waals surface area (Å²) in [7, 11) is 0. The molecule has 2 aromatic rings. The van der Waals surface area contributed by atoms with Crippen molar-refractivity contribution in [2.45, 2.75) is 64.5 Å². The number of carbonyl (C=O) groups excluding carboxylic acids is 2. The number of hydrogen-bond donors (Lipinski definition) is 1. The molecule has 2 amide bonds. The van der Waals surface area contributed by atoms with Gasteiger partial charge in [0.2, 0.25) is 12.7 Å². The van der Waals surface area contributed by atoms with Gasteiger partial charge in [-0.3, -0.25) is 14.5 Å². The molecule has 0 radical (unpaired) electrons. The highest BCUT2D eigenvalue weighted by atomic mass is 16.7. The van der Waals surface area contributed by atoms with Crippen LogP contribution in [-0.2, 0) is 16.8 Å². The van der Waals surface area contributed by atoms with E-state index in [2.05, 4.69) is 43.1 Å². The van der Waals surface area contributed by atoms with E-state index in [1.807, 2.05) is 35.2 Å². The van der Waals surface area contributed by atoms with Crippen molar-refractivity contribution in [1.29, 1.82) is 0 Å². The molecule has 1 unspecified atom stereocenters. The number of ether oxygens (including phenoxy) is 2. The molecule has 1 saturated heterocycles. The van der Waals surface area contributed by atoms with Gasteiger partial charge < -0.3 is 19.7 Å². The third kappa shape index (κ3) is 5.77. The summed E-state index contributed by atoms with van der Waals surface area (Å²) in [5.41, 5.74) is 3.01. The molecule has 0 spiro atoms. The van der Waals surface area contributed by atoms with Crippen LogP contribution in [-0.4, -0.2) is 60.6 Å². The summed E-state index contributed by atoms with van der Waals surface area (Å²) in [6, 6.07) is 13.7. The minimum absolute atomic E-state index is 0.0613. The number of fused-ring (bicyclic) bond motifs is 1. The zero-order valence-electron chi connectivity index (χ0n) is 22.3. The Morgan fingerprint density at radius 2 is 1.62 bits per heavy atom. The Morgan fingerprint density at radius 3 is 2.30 bits per heavy atom. The van der Waals surface area contributed by atoms with Crippen LogP contribution in [0.3, 0.4) is 0 Å². The first-order valence-corrected chi connectivity index (χ1v) is 13.6. The predicted octanol–water partition coefficient (Wildman–Crippen LogP) is 4.35. The van der Waals surface area contributed by atoms with Crippen molar-refractivity contribution in [3.63, 3.8) is 0 Å². The number of amides is 2. The number of benzene rings is 2. The average Bonchev–Trinajstić information content (AvgIpc) is 3.59. The predicted molar refractivity (Wildman–Crippen MR) is 143 cm³/mol. The van der Waals surface area contributed by atoms with Crippen LogP contribution in [0.15, 0.2) is 42.5 Å². The lowest BCUT2D eigenvalue weighted by Gasteiger charge is -2.40. The van der Waals surface area contributed by atoms with E-state index in [0.29, 0.717) is 38.6 Å². The molecule has 1 saturated carbocycles. The van der Waals surface area contributed by atoms with Gasteiger partial charge in [0.25, 0.3) is 5.91 Å². The molecule has 2 aromatic carbocycles. The molecule has 2 aliphatic heterocycles. The minimum Gasteiger partial charge on any atom is -0.454 e. The third-order valence-corrected chi connectivity index (χ3v) is 8.01. The Balaban J connectivity index is 1.20. The van der Waals surface area contributed by atoms with Crippen LogP contribution in [0, 0.1) is 5.92 Å². The van der Waals surface area contributed by atoms with Gasteiger partial charge in [-0.1, -0.05) is 51.8 Å². The molecule has 5 rings (SSSR count). The van der Waals surface area contributed by atoms with Crippen LogP contribution < -0.4 is 14.8 Å². The highest BCUT2D eigenvalue weighted by Crippen LogP contribution is 2.33. The lowest BCUT2D eigenvalue weighted by molar-refractivity contribution is -0.129. The standard InChI is InChI=1S/C30H39N3O4/c1-30(2,3)24-11-9-23(10-12-24)29(35)33-16-14-32(15-17-33)27(22-6-4-5-7-22)28(34)31-19-21-8-13-25-26(18-21)37-20-36-25/h8-13,18,22,27H,4-7,14-17,19-20H2,1-3H3,(H,31,34). The van der Waals surface area contributed by atoms with E-state index >= 15 is 0 Å². The molecule has 0 aromatic heterocycles. The molecular formula is C30H39N3O4. The quantitative estimate of drug-likeness (QED) is 0.632. The van der Waals surface area contributed by atoms with Crippen molar-refractivity contribution in [2.75, 3.05) is 33.0 Å². The first-order chi connectivity index (χ1) is 17.8. The van der Waals surface area contributed by atoms with Gasteiger partial charge in [0.15, 0.2) is 11.5 Å². The topological polar surface area (TPSA) is 71.1 Å². The normalized spacial score (nSPS) is 19.2. The van der Waals surface area contributed by atoms with Crippen LogP contribution in [0.1, 0.15) is 67.9 Å². The van der Waals surface area contributed by atoms with Gasteiger partial charge in [-0.15, -0.1) is 0 Å². The smallest absolute Gasteiger partial charge is 0.253 e. The zero-order valence-corrected chi connectivity index (χ0v) is 22.3. The van der Waals surface area contributed by atoms with E-state index in [1.54, 1.807) is 0 Å². The number of carbonyl (C=O) groups is 2. The Kier molecular flexibility index (Phi) is 7.43. The number of hydrogen-bond acceptors (Lipinski definition) is 5. The van der Waals surface area contributed by atoms with Gasteiger partial charge in [0.05, 0.1) is 6.04 Å². The monoisotopic (exact) mass is 505 g/mol. The molecule has 37 heavy (non-hydrogen) atoms. The second kappa shape index (κ2) is 10.7. The Bertz CT molecular complexity index is 1110. The van der Waals surface area contributed by atoms with Crippen molar-refractivity contribution in [3.8, 4) is 11.5 Å². The first-order valence-electron chi connectivity index (χ1n) is 13.6. The van der Waals surface area contributed by atoms with Gasteiger partial charge in [-0.25, -0.2) is 0 Å². The number of nitrogens with one attached hydrogen (secondary N) is 1. The molecule has 2 heterocycles. The van der Waals surface area contributed by atoms with Crippen molar-refractivity contribution < 1.29 is 19.1 Å². The molecule has 2 fully saturated rings. The highest BCUT2D eigenvalue weighted by Gasteiger charge is 2.37. The summed E-state index contributed by atoms with van der Waals surface area (Å²) in [6.07, 6.45) is 4.53.